The molecule has 1 aromatic heterocycles. The largest absolute Gasteiger partial charge is 0.323 e. The van der Waals surface area contributed by atoms with E-state index in [0.29, 0.717) is 11.3 Å². The van der Waals surface area contributed by atoms with Crippen LogP contribution in [0.1, 0.15) is 27.3 Å². The average Bonchev–Trinajstić information content (AvgIpc) is 2.37. The number of hydrazine groups is 1. The standard InChI is InChI=1S/C14H17N5O/c1-8-4-5-11(12(6-8)19-15)13(20)18-14-16-9(2)7-10(3)17-14/h4-7,19H,15H2,1-3H3,(H,16,17,18,20). The first-order valence-electron chi connectivity index (χ1n) is 6.20. The number of carbonyl (C=O) groups excluding carboxylic acids is 1. The Hall–Kier alpha value is -2.47. The minimum atomic E-state index is -0.303. The van der Waals surface area contributed by atoms with Crippen molar-refractivity contribution in [3.63, 3.8) is 0 Å². The third-order valence-corrected chi connectivity index (χ3v) is 2.78. The second-order valence-electron chi connectivity index (χ2n) is 4.62. The summed E-state index contributed by atoms with van der Waals surface area (Å²) >= 11 is 0. The lowest BCUT2D eigenvalue weighted by Crippen LogP contribution is -2.19. The number of nitrogens with one attached hydrogen (secondary N) is 2. The van der Waals surface area contributed by atoms with Gasteiger partial charge in [-0.1, -0.05) is 6.07 Å². The predicted molar refractivity (Wildman–Crippen MR) is 78.4 cm³/mol. The summed E-state index contributed by atoms with van der Waals surface area (Å²) in [5, 5.41) is 2.68. The van der Waals surface area contributed by atoms with Crippen molar-refractivity contribution < 1.29 is 4.79 Å². The van der Waals surface area contributed by atoms with Crippen LogP contribution in [0.5, 0.6) is 0 Å². The lowest BCUT2D eigenvalue weighted by molar-refractivity contribution is 0.102. The van der Waals surface area contributed by atoms with Crippen LogP contribution < -0.4 is 16.6 Å². The molecule has 0 aliphatic rings. The summed E-state index contributed by atoms with van der Waals surface area (Å²) in [6, 6.07) is 7.20. The Bertz CT molecular complexity index is 634. The number of nitrogens with zero attached hydrogens (tertiary/aromatic N) is 2. The number of rotatable bonds is 3. The van der Waals surface area contributed by atoms with Gasteiger partial charge in [0.15, 0.2) is 0 Å². The minimum absolute atomic E-state index is 0.288. The summed E-state index contributed by atoms with van der Waals surface area (Å²) in [6.07, 6.45) is 0. The van der Waals surface area contributed by atoms with Crippen LogP contribution in [0.4, 0.5) is 11.6 Å². The van der Waals surface area contributed by atoms with Crippen LogP contribution in [-0.4, -0.2) is 15.9 Å². The smallest absolute Gasteiger partial charge is 0.260 e. The molecular formula is C14H17N5O. The SMILES string of the molecule is Cc1ccc(C(=O)Nc2nc(C)cc(C)n2)c(NN)c1. The van der Waals surface area contributed by atoms with Crippen LogP contribution in [-0.2, 0) is 0 Å². The Labute approximate surface area is 117 Å². The van der Waals surface area contributed by atoms with Crippen molar-refractivity contribution in [2.45, 2.75) is 20.8 Å². The van der Waals surface area contributed by atoms with E-state index in [1.54, 1.807) is 12.1 Å². The third-order valence-electron chi connectivity index (χ3n) is 2.78. The van der Waals surface area contributed by atoms with Crippen LogP contribution in [0.3, 0.4) is 0 Å². The Morgan fingerprint density at radius 1 is 1.10 bits per heavy atom. The van der Waals surface area contributed by atoms with E-state index < -0.39 is 0 Å². The molecule has 0 saturated carbocycles. The van der Waals surface area contributed by atoms with E-state index in [4.69, 9.17) is 5.84 Å². The molecule has 0 aliphatic carbocycles. The Morgan fingerprint density at radius 2 is 1.75 bits per heavy atom. The molecule has 0 atom stereocenters. The Morgan fingerprint density at radius 3 is 2.35 bits per heavy atom. The van der Waals surface area contributed by atoms with Gasteiger partial charge in [0, 0.05) is 11.4 Å². The van der Waals surface area contributed by atoms with Gasteiger partial charge in [-0.05, 0) is 44.5 Å². The first-order chi connectivity index (χ1) is 9.49. The maximum Gasteiger partial charge on any atom is 0.260 e. The summed E-state index contributed by atoms with van der Waals surface area (Å²) in [4.78, 5) is 20.6. The van der Waals surface area contributed by atoms with Crippen molar-refractivity contribution in [2.75, 3.05) is 10.7 Å². The number of aromatic nitrogens is 2. The zero-order chi connectivity index (χ0) is 14.7. The van der Waals surface area contributed by atoms with Crippen LogP contribution in [0.15, 0.2) is 24.3 Å². The monoisotopic (exact) mass is 271 g/mol. The first kappa shape index (κ1) is 14.0. The van der Waals surface area contributed by atoms with Gasteiger partial charge in [0.05, 0.1) is 11.3 Å². The number of anilines is 2. The molecule has 0 radical (unpaired) electrons. The Balaban J connectivity index is 2.28. The van der Waals surface area contributed by atoms with Crippen molar-refractivity contribution >= 4 is 17.5 Å². The molecule has 1 aromatic carbocycles. The number of hydrogen-bond donors (Lipinski definition) is 3. The van der Waals surface area contributed by atoms with E-state index in [1.807, 2.05) is 32.9 Å². The topological polar surface area (TPSA) is 92.9 Å². The van der Waals surface area contributed by atoms with Crippen molar-refractivity contribution in [3.8, 4) is 0 Å². The summed E-state index contributed by atoms with van der Waals surface area (Å²) in [5.41, 5.74) is 6.14. The minimum Gasteiger partial charge on any atom is -0.323 e. The van der Waals surface area contributed by atoms with Crippen molar-refractivity contribution in [1.29, 1.82) is 0 Å². The number of benzene rings is 1. The van der Waals surface area contributed by atoms with Gasteiger partial charge in [0.25, 0.3) is 5.91 Å². The molecule has 0 fully saturated rings. The van der Waals surface area contributed by atoms with Gasteiger partial charge in [-0.15, -0.1) is 0 Å². The maximum atomic E-state index is 12.2. The van der Waals surface area contributed by atoms with E-state index >= 15 is 0 Å². The second kappa shape index (κ2) is 5.66. The highest BCUT2D eigenvalue weighted by Gasteiger charge is 2.13. The molecule has 0 bridgehead atoms. The molecule has 4 N–H and O–H groups in total. The van der Waals surface area contributed by atoms with Crippen molar-refractivity contribution in [2.24, 2.45) is 5.84 Å². The summed E-state index contributed by atoms with van der Waals surface area (Å²) in [7, 11) is 0. The molecule has 1 heterocycles. The first-order valence-corrected chi connectivity index (χ1v) is 6.20. The highest BCUT2D eigenvalue weighted by Crippen LogP contribution is 2.17. The van der Waals surface area contributed by atoms with E-state index in [0.717, 1.165) is 17.0 Å². The third kappa shape index (κ3) is 3.10. The molecule has 0 spiro atoms. The van der Waals surface area contributed by atoms with Gasteiger partial charge >= 0.3 is 0 Å². The highest BCUT2D eigenvalue weighted by atomic mass is 16.1. The normalized spacial score (nSPS) is 10.2. The van der Waals surface area contributed by atoms with E-state index in [2.05, 4.69) is 20.7 Å². The number of carbonyl (C=O) groups is 1. The molecule has 6 nitrogen and oxygen atoms in total. The average molecular weight is 271 g/mol. The van der Waals surface area contributed by atoms with Crippen molar-refractivity contribution in [1.82, 2.24) is 9.97 Å². The van der Waals surface area contributed by atoms with Gasteiger partial charge in [0.2, 0.25) is 5.95 Å². The number of nitrogens with two attached hydrogens (primary N) is 1. The highest BCUT2D eigenvalue weighted by molar-refractivity contribution is 6.07. The van der Waals surface area contributed by atoms with E-state index in [1.165, 1.54) is 0 Å². The van der Waals surface area contributed by atoms with Gasteiger partial charge in [-0.25, -0.2) is 9.97 Å². The Kier molecular flexibility index (Phi) is 3.95. The zero-order valence-corrected chi connectivity index (χ0v) is 11.7. The van der Waals surface area contributed by atoms with Gasteiger partial charge in [0.1, 0.15) is 0 Å². The van der Waals surface area contributed by atoms with Gasteiger partial charge in [-0.2, -0.15) is 0 Å². The fraction of sp³-hybridized carbons (Fsp3) is 0.214. The van der Waals surface area contributed by atoms with Crippen LogP contribution in [0, 0.1) is 20.8 Å². The molecule has 104 valence electrons. The fourth-order valence-electron chi connectivity index (χ4n) is 1.93. The molecule has 0 aliphatic heterocycles. The summed E-state index contributed by atoms with van der Waals surface area (Å²) in [6.45, 7) is 5.63. The molecule has 1 amide bonds. The second-order valence-corrected chi connectivity index (χ2v) is 4.62. The fourth-order valence-corrected chi connectivity index (χ4v) is 1.93. The van der Waals surface area contributed by atoms with Crippen LogP contribution in [0.25, 0.3) is 0 Å². The van der Waals surface area contributed by atoms with Gasteiger partial charge < -0.3 is 5.43 Å². The van der Waals surface area contributed by atoms with E-state index in [-0.39, 0.29) is 11.9 Å². The molecule has 0 saturated heterocycles. The zero-order valence-electron chi connectivity index (χ0n) is 11.7. The predicted octanol–water partition coefficient (Wildman–Crippen LogP) is 1.94. The van der Waals surface area contributed by atoms with E-state index in [9.17, 15) is 4.79 Å². The summed E-state index contributed by atoms with van der Waals surface area (Å²) < 4.78 is 0. The number of aryl methyl sites for hydroxylation is 3. The number of nitrogen functional groups attached to an aromatic ring is 1. The maximum absolute atomic E-state index is 12.2. The lowest BCUT2D eigenvalue weighted by Gasteiger charge is -2.10. The van der Waals surface area contributed by atoms with Crippen LogP contribution >= 0.6 is 0 Å². The van der Waals surface area contributed by atoms with Gasteiger partial charge in [-0.3, -0.25) is 16.0 Å². The quantitative estimate of drug-likeness (QED) is 0.586. The molecule has 20 heavy (non-hydrogen) atoms. The molecule has 2 aromatic rings. The number of hydrogen-bond acceptors (Lipinski definition) is 5. The lowest BCUT2D eigenvalue weighted by atomic mass is 10.1. The number of amides is 1. The molecule has 2 rings (SSSR count). The van der Waals surface area contributed by atoms with Crippen molar-refractivity contribution in [3.05, 3.63) is 46.8 Å². The molecule has 0 unspecified atom stereocenters. The van der Waals surface area contributed by atoms with Crippen LogP contribution in [0.2, 0.25) is 0 Å². The summed E-state index contributed by atoms with van der Waals surface area (Å²) in [5.74, 6) is 5.42. The molecule has 6 heteroatoms. The molecular weight excluding hydrogens is 254 g/mol.